The van der Waals surface area contributed by atoms with Gasteiger partial charge in [-0.15, -0.1) is 0 Å². The molecule has 0 amide bonds. The van der Waals surface area contributed by atoms with E-state index in [0.29, 0.717) is 9.36 Å². The van der Waals surface area contributed by atoms with Gasteiger partial charge in [0.2, 0.25) is 0 Å². The van der Waals surface area contributed by atoms with Crippen LogP contribution in [0.3, 0.4) is 0 Å². The lowest BCUT2D eigenvalue weighted by molar-refractivity contribution is -0.397. The van der Waals surface area contributed by atoms with Crippen molar-refractivity contribution in [3.05, 3.63) is 40.5 Å². The van der Waals surface area contributed by atoms with Gasteiger partial charge in [-0.05, 0) is 29.1 Å². The van der Waals surface area contributed by atoms with Gasteiger partial charge in [-0.2, -0.15) is 0 Å². The minimum Gasteiger partial charge on any atom is -0.358 e. The Labute approximate surface area is 129 Å². The summed E-state index contributed by atoms with van der Waals surface area (Å²) < 4.78 is 0.988. The maximum atomic E-state index is 11.2. The number of rotatable bonds is 5. The molecule has 0 fully saturated rings. The van der Waals surface area contributed by atoms with Crippen molar-refractivity contribution in [3.8, 4) is 11.1 Å². The predicted molar refractivity (Wildman–Crippen MR) is 72.0 cm³/mol. The first-order valence-electron chi connectivity index (χ1n) is 5.79. The van der Waals surface area contributed by atoms with E-state index in [1.54, 1.807) is 0 Å². The first-order valence-corrected chi connectivity index (χ1v) is 5.79. The van der Waals surface area contributed by atoms with Crippen molar-refractivity contribution >= 4 is 23.3 Å². The molecule has 0 unspecified atom stereocenters. The van der Waals surface area contributed by atoms with E-state index < -0.39 is 54.1 Å². The lowest BCUT2D eigenvalue weighted by atomic mass is 10.1. The van der Waals surface area contributed by atoms with Gasteiger partial charge in [0, 0.05) is 0 Å². The molecule has 126 valence electrons. The van der Waals surface area contributed by atoms with Crippen molar-refractivity contribution in [2.45, 2.75) is 0 Å². The Morgan fingerprint density at radius 1 is 0.667 bits per heavy atom. The molecule has 0 aliphatic heterocycles. The molecule has 0 saturated carbocycles. The van der Waals surface area contributed by atoms with Crippen molar-refractivity contribution in [1.82, 2.24) is 19.6 Å². The van der Waals surface area contributed by atoms with Crippen molar-refractivity contribution in [1.29, 1.82) is 0 Å². The van der Waals surface area contributed by atoms with Crippen LogP contribution in [0, 0.1) is 40.5 Å². The third-order valence-corrected chi connectivity index (χ3v) is 2.94. The Morgan fingerprint density at radius 2 is 0.958 bits per heavy atom. The van der Waals surface area contributed by atoms with Gasteiger partial charge >= 0.3 is 23.3 Å². The van der Waals surface area contributed by atoms with Crippen molar-refractivity contribution < 1.29 is 19.7 Å². The minimum atomic E-state index is -1.14. The van der Waals surface area contributed by atoms with Gasteiger partial charge in [0.05, 0.1) is 0 Å². The molecule has 0 N–H and O–H groups in total. The quantitative estimate of drug-likeness (QED) is 0.540. The van der Waals surface area contributed by atoms with Crippen LogP contribution in [0.25, 0.3) is 11.1 Å². The maximum Gasteiger partial charge on any atom is 0.428 e. The molecule has 2 rings (SSSR count). The van der Waals surface area contributed by atoms with Crippen LogP contribution in [0.1, 0.15) is 0 Å². The molecule has 16 heteroatoms. The highest BCUT2D eigenvalue weighted by Gasteiger charge is 2.47. The second kappa shape index (κ2) is 5.34. The highest BCUT2D eigenvalue weighted by Crippen LogP contribution is 2.46. The Hall–Kier alpha value is -3.98. The van der Waals surface area contributed by atoms with E-state index in [1.165, 1.54) is 0 Å². The SMILES string of the molecule is Cn1nc([N+](=O)[O-])c(-c2c([N+](=O)[O-])nn(C)c2[N+](=O)[O-])c1[N+](=O)[O-]. The van der Waals surface area contributed by atoms with E-state index in [4.69, 9.17) is 0 Å². The molecule has 0 aromatic carbocycles. The molecule has 0 saturated heterocycles. The lowest BCUT2D eigenvalue weighted by Gasteiger charge is -1.98. The lowest BCUT2D eigenvalue weighted by Crippen LogP contribution is -2.02. The highest BCUT2D eigenvalue weighted by atomic mass is 16.6. The molecule has 16 nitrogen and oxygen atoms in total. The first kappa shape index (κ1) is 16.4. The summed E-state index contributed by atoms with van der Waals surface area (Å²) >= 11 is 0. The normalized spacial score (nSPS) is 10.6. The summed E-state index contributed by atoms with van der Waals surface area (Å²) in [5.74, 6) is -4.30. The van der Waals surface area contributed by atoms with Gasteiger partial charge < -0.3 is 40.5 Å². The van der Waals surface area contributed by atoms with Crippen LogP contribution < -0.4 is 0 Å². The fourth-order valence-corrected chi connectivity index (χ4v) is 2.12. The smallest absolute Gasteiger partial charge is 0.358 e. The number of aryl methyl sites for hydroxylation is 2. The average molecular weight is 342 g/mol. The molecule has 2 heterocycles. The summed E-state index contributed by atoms with van der Waals surface area (Å²) in [6.45, 7) is 0. The Balaban J connectivity index is 3.06. The summed E-state index contributed by atoms with van der Waals surface area (Å²) in [4.78, 5) is 40.1. The standard InChI is InChI=1S/C8H6N8O8/c1-11-7(15(21)22)3(5(9-11)13(17)18)4-6(14(19)20)10-12(2)8(4)16(23)24/h1-2H3. The van der Waals surface area contributed by atoms with E-state index >= 15 is 0 Å². The van der Waals surface area contributed by atoms with Crippen LogP contribution in [-0.4, -0.2) is 39.3 Å². The third kappa shape index (κ3) is 2.26. The fourth-order valence-electron chi connectivity index (χ4n) is 2.12. The van der Waals surface area contributed by atoms with Crippen LogP contribution in [0.5, 0.6) is 0 Å². The van der Waals surface area contributed by atoms with Crippen molar-refractivity contribution in [2.24, 2.45) is 14.1 Å². The number of aromatic nitrogens is 4. The summed E-state index contributed by atoms with van der Waals surface area (Å²) in [6.07, 6.45) is 0. The van der Waals surface area contributed by atoms with Crippen LogP contribution in [0.15, 0.2) is 0 Å². The monoisotopic (exact) mass is 342 g/mol. The zero-order chi connectivity index (χ0) is 18.3. The fraction of sp³-hybridized carbons (Fsp3) is 0.250. The number of nitro groups is 4. The average Bonchev–Trinajstić information content (AvgIpc) is 2.95. The second-order valence-electron chi connectivity index (χ2n) is 4.32. The number of hydrogen-bond donors (Lipinski definition) is 0. The second-order valence-corrected chi connectivity index (χ2v) is 4.32. The molecule has 2 aromatic rings. The van der Waals surface area contributed by atoms with Crippen LogP contribution in [0.2, 0.25) is 0 Å². The highest BCUT2D eigenvalue weighted by molar-refractivity contribution is 5.89. The van der Waals surface area contributed by atoms with Gasteiger partial charge in [-0.25, -0.2) is 0 Å². The Morgan fingerprint density at radius 3 is 1.17 bits per heavy atom. The summed E-state index contributed by atoms with van der Waals surface area (Å²) in [7, 11) is 1.98. The third-order valence-electron chi connectivity index (χ3n) is 2.94. The Kier molecular flexibility index (Phi) is 3.64. The molecule has 0 aliphatic carbocycles. The van der Waals surface area contributed by atoms with E-state index in [9.17, 15) is 40.5 Å². The number of nitrogens with zero attached hydrogens (tertiary/aromatic N) is 8. The van der Waals surface area contributed by atoms with E-state index in [1.807, 2.05) is 0 Å². The van der Waals surface area contributed by atoms with E-state index in [-0.39, 0.29) is 0 Å². The van der Waals surface area contributed by atoms with Gasteiger partial charge in [-0.3, -0.25) is 0 Å². The minimum absolute atomic E-state index is 0.494. The molecular weight excluding hydrogens is 336 g/mol. The molecule has 0 atom stereocenters. The van der Waals surface area contributed by atoms with Crippen molar-refractivity contribution in [3.63, 3.8) is 0 Å². The molecule has 2 aromatic heterocycles. The summed E-state index contributed by atoms with van der Waals surface area (Å²) in [6, 6.07) is 0. The zero-order valence-electron chi connectivity index (χ0n) is 11.8. The largest absolute Gasteiger partial charge is 0.428 e. The van der Waals surface area contributed by atoms with Gasteiger partial charge in [-0.1, -0.05) is 0 Å². The maximum absolute atomic E-state index is 11.2. The Bertz CT molecular complexity index is 836. The van der Waals surface area contributed by atoms with Crippen LogP contribution in [-0.2, 0) is 14.1 Å². The van der Waals surface area contributed by atoms with Crippen molar-refractivity contribution in [2.75, 3.05) is 0 Å². The van der Waals surface area contributed by atoms with E-state index in [0.717, 1.165) is 14.1 Å². The first-order chi connectivity index (χ1) is 11.1. The van der Waals surface area contributed by atoms with Gasteiger partial charge in [0.1, 0.15) is 24.3 Å². The van der Waals surface area contributed by atoms with Gasteiger partial charge in [0.25, 0.3) is 0 Å². The molecule has 0 aliphatic rings. The molecule has 24 heavy (non-hydrogen) atoms. The number of hydrogen-bond acceptors (Lipinski definition) is 10. The summed E-state index contributed by atoms with van der Waals surface area (Å²) in [5, 5.41) is 51.2. The topological polar surface area (TPSA) is 208 Å². The van der Waals surface area contributed by atoms with Crippen LogP contribution >= 0.6 is 0 Å². The van der Waals surface area contributed by atoms with Crippen LogP contribution in [0.4, 0.5) is 23.3 Å². The molecule has 0 radical (unpaired) electrons. The molecule has 0 bridgehead atoms. The van der Waals surface area contributed by atoms with Gasteiger partial charge in [0.15, 0.2) is 11.1 Å². The van der Waals surface area contributed by atoms with E-state index in [2.05, 4.69) is 10.2 Å². The molecule has 0 spiro atoms. The zero-order valence-corrected chi connectivity index (χ0v) is 11.8. The summed E-state index contributed by atoms with van der Waals surface area (Å²) in [5.41, 5.74) is -1.92. The predicted octanol–water partition coefficient (Wildman–Crippen LogP) is 0.453. The molecular formula is C8H6N8O8.